The lowest BCUT2D eigenvalue weighted by Gasteiger charge is -2.09. The predicted molar refractivity (Wildman–Crippen MR) is 79.1 cm³/mol. The van der Waals surface area contributed by atoms with Crippen LogP contribution in [-0.2, 0) is 6.54 Å². The first kappa shape index (κ1) is 15.4. The molecule has 2 nitrogen and oxygen atoms in total. The van der Waals surface area contributed by atoms with Crippen LogP contribution in [0.2, 0.25) is 0 Å². The molecule has 0 bridgehead atoms. The first-order valence-corrected chi connectivity index (χ1v) is 8.02. The van der Waals surface area contributed by atoms with Gasteiger partial charge in [-0.3, -0.25) is 0 Å². The van der Waals surface area contributed by atoms with Crippen LogP contribution in [0.15, 0.2) is 32.9 Å². The van der Waals surface area contributed by atoms with Gasteiger partial charge in [0.25, 0.3) is 0 Å². The molecule has 20 heavy (non-hydrogen) atoms. The van der Waals surface area contributed by atoms with Crippen molar-refractivity contribution in [2.24, 2.45) is 5.92 Å². The van der Waals surface area contributed by atoms with E-state index in [1.165, 1.54) is 23.5 Å². The van der Waals surface area contributed by atoms with E-state index in [4.69, 9.17) is 0 Å². The molecule has 0 fully saturated rings. The van der Waals surface area contributed by atoms with Crippen LogP contribution in [0, 0.1) is 17.6 Å². The van der Waals surface area contributed by atoms with Crippen LogP contribution in [0.1, 0.15) is 19.4 Å². The minimum atomic E-state index is -0.536. The molecule has 1 aromatic carbocycles. The van der Waals surface area contributed by atoms with Crippen molar-refractivity contribution in [3.05, 3.63) is 40.9 Å². The normalized spacial score (nSPS) is 11.2. The Morgan fingerprint density at radius 2 is 2.00 bits per heavy atom. The van der Waals surface area contributed by atoms with E-state index < -0.39 is 11.6 Å². The van der Waals surface area contributed by atoms with Crippen LogP contribution in [0.4, 0.5) is 8.78 Å². The Kier molecular flexibility index (Phi) is 5.51. The van der Waals surface area contributed by atoms with E-state index >= 15 is 0 Å². The van der Waals surface area contributed by atoms with Crippen molar-refractivity contribution < 1.29 is 8.78 Å². The SMILES string of the molecule is CC(C)CNCc1cc(F)c(Sc2nccs2)c(F)c1. The van der Waals surface area contributed by atoms with E-state index in [9.17, 15) is 8.78 Å². The molecule has 0 saturated heterocycles. The van der Waals surface area contributed by atoms with Gasteiger partial charge in [0.05, 0.1) is 4.90 Å². The van der Waals surface area contributed by atoms with Gasteiger partial charge in [0, 0.05) is 18.1 Å². The fourth-order valence-corrected chi connectivity index (χ4v) is 3.24. The zero-order valence-electron chi connectivity index (χ0n) is 11.3. The van der Waals surface area contributed by atoms with E-state index in [1.54, 1.807) is 11.6 Å². The molecule has 0 spiro atoms. The van der Waals surface area contributed by atoms with Crippen LogP contribution in [0.5, 0.6) is 0 Å². The van der Waals surface area contributed by atoms with Crippen LogP contribution in [-0.4, -0.2) is 11.5 Å². The fourth-order valence-electron chi connectivity index (χ4n) is 1.67. The highest BCUT2D eigenvalue weighted by molar-refractivity contribution is 8.01. The number of benzene rings is 1. The topological polar surface area (TPSA) is 24.9 Å². The first-order valence-electron chi connectivity index (χ1n) is 6.32. The average Bonchev–Trinajstić information content (AvgIpc) is 2.86. The molecule has 1 heterocycles. The van der Waals surface area contributed by atoms with Crippen molar-refractivity contribution in [1.82, 2.24) is 10.3 Å². The summed E-state index contributed by atoms with van der Waals surface area (Å²) in [6, 6.07) is 2.76. The third-order valence-corrected chi connectivity index (χ3v) is 4.52. The molecule has 2 rings (SSSR count). The quantitative estimate of drug-likeness (QED) is 0.859. The first-order chi connectivity index (χ1) is 9.56. The number of halogens is 2. The molecule has 0 saturated carbocycles. The number of rotatable bonds is 6. The summed E-state index contributed by atoms with van der Waals surface area (Å²) in [6.45, 7) is 5.46. The summed E-state index contributed by atoms with van der Waals surface area (Å²) < 4.78 is 28.6. The standard InChI is InChI=1S/C14H16F2N2S2/c1-9(2)7-17-8-10-5-11(15)13(12(16)6-10)20-14-18-3-4-19-14/h3-6,9,17H,7-8H2,1-2H3. The van der Waals surface area contributed by atoms with Crippen molar-refractivity contribution in [2.75, 3.05) is 6.54 Å². The van der Waals surface area contributed by atoms with Gasteiger partial charge in [-0.25, -0.2) is 13.8 Å². The van der Waals surface area contributed by atoms with Gasteiger partial charge >= 0.3 is 0 Å². The summed E-state index contributed by atoms with van der Waals surface area (Å²) in [5, 5.41) is 4.95. The number of nitrogens with one attached hydrogen (secondary N) is 1. The van der Waals surface area contributed by atoms with Crippen molar-refractivity contribution in [3.63, 3.8) is 0 Å². The summed E-state index contributed by atoms with van der Waals surface area (Å²) in [5.41, 5.74) is 0.615. The molecule has 0 unspecified atom stereocenters. The Balaban J connectivity index is 2.08. The monoisotopic (exact) mass is 314 g/mol. The molecule has 0 aliphatic carbocycles. The van der Waals surface area contributed by atoms with Gasteiger partial charge < -0.3 is 5.32 Å². The molecule has 0 amide bonds. The van der Waals surface area contributed by atoms with Gasteiger partial charge in [-0.15, -0.1) is 11.3 Å². The maximum atomic E-state index is 14.0. The fraction of sp³-hybridized carbons (Fsp3) is 0.357. The summed E-state index contributed by atoms with van der Waals surface area (Å²) >= 11 is 2.38. The molecular weight excluding hydrogens is 298 g/mol. The number of aromatic nitrogens is 1. The second-order valence-corrected chi connectivity index (χ2v) is 6.97. The number of nitrogens with zero attached hydrogens (tertiary/aromatic N) is 1. The molecule has 1 N–H and O–H groups in total. The van der Waals surface area contributed by atoms with Crippen LogP contribution >= 0.6 is 23.1 Å². The van der Waals surface area contributed by atoms with E-state index in [0.717, 1.165) is 18.3 Å². The second-order valence-electron chi connectivity index (χ2n) is 4.81. The largest absolute Gasteiger partial charge is 0.312 e. The van der Waals surface area contributed by atoms with Crippen molar-refractivity contribution in [3.8, 4) is 0 Å². The van der Waals surface area contributed by atoms with Crippen LogP contribution < -0.4 is 5.32 Å². The van der Waals surface area contributed by atoms with Crippen molar-refractivity contribution in [2.45, 2.75) is 29.6 Å². The average molecular weight is 314 g/mol. The third-order valence-electron chi connectivity index (χ3n) is 2.54. The lowest BCUT2D eigenvalue weighted by atomic mass is 10.2. The minimum absolute atomic E-state index is 0.00700. The van der Waals surface area contributed by atoms with E-state index in [0.29, 0.717) is 22.4 Å². The van der Waals surface area contributed by atoms with Gasteiger partial charge in [0.1, 0.15) is 11.6 Å². The summed E-state index contributed by atoms with van der Waals surface area (Å²) in [4.78, 5) is 4.03. The Morgan fingerprint density at radius 1 is 1.30 bits per heavy atom. The van der Waals surface area contributed by atoms with Gasteiger partial charge in [0.2, 0.25) is 0 Å². The molecule has 2 aromatic rings. The highest BCUT2D eigenvalue weighted by atomic mass is 32.2. The molecular formula is C14H16F2N2S2. The smallest absolute Gasteiger partial charge is 0.154 e. The predicted octanol–water partition coefficient (Wildman–Crippen LogP) is 4.32. The van der Waals surface area contributed by atoms with Crippen molar-refractivity contribution in [1.29, 1.82) is 0 Å². The lowest BCUT2D eigenvalue weighted by molar-refractivity contribution is 0.525. The summed E-state index contributed by atoms with van der Waals surface area (Å²) in [6.07, 6.45) is 1.62. The molecule has 0 aliphatic rings. The Bertz CT molecular complexity index is 533. The maximum absolute atomic E-state index is 14.0. The molecule has 0 aliphatic heterocycles. The van der Waals surface area contributed by atoms with E-state index in [2.05, 4.69) is 24.1 Å². The van der Waals surface area contributed by atoms with Crippen LogP contribution in [0.25, 0.3) is 0 Å². The van der Waals surface area contributed by atoms with Gasteiger partial charge in [-0.1, -0.05) is 25.6 Å². The number of hydrogen-bond acceptors (Lipinski definition) is 4. The van der Waals surface area contributed by atoms with E-state index in [1.807, 2.05) is 0 Å². The Hall–Kier alpha value is -0.980. The number of thiazole rings is 1. The Morgan fingerprint density at radius 3 is 2.55 bits per heavy atom. The van der Waals surface area contributed by atoms with Crippen molar-refractivity contribution >= 4 is 23.1 Å². The highest BCUT2D eigenvalue weighted by Gasteiger charge is 2.14. The zero-order valence-corrected chi connectivity index (χ0v) is 13.0. The second kappa shape index (κ2) is 7.15. The zero-order chi connectivity index (χ0) is 14.5. The van der Waals surface area contributed by atoms with Gasteiger partial charge in [0.15, 0.2) is 4.34 Å². The van der Waals surface area contributed by atoms with E-state index in [-0.39, 0.29) is 4.90 Å². The van der Waals surface area contributed by atoms with Gasteiger partial charge in [-0.05, 0) is 30.2 Å². The Labute approximate surface area is 125 Å². The molecule has 0 radical (unpaired) electrons. The van der Waals surface area contributed by atoms with Gasteiger partial charge in [-0.2, -0.15) is 0 Å². The minimum Gasteiger partial charge on any atom is -0.312 e. The third kappa shape index (κ3) is 4.26. The molecule has 6 heteroatoms. The molecule has 108 valence electrons. The maximum Gasteiger partial charge on any atom is 0.154 e. The molecule has 1 aromatic heterocycles. The highest BCUT2D eigenvalue weighted by Crippen LogP contribution is 2.33. The summed E-state index contributed by atoms with van der Waals surface area (Å²) in [5.74, 6) is -0.567. The lowest BCUT2D eigenvalue weighted by Crippen LogP contribution is -2.19. The summed E-state index contributed by atoms with van der Waals surface area (Å²) in [7, 11) is 0. The van der Waals surface area contributed by atoms with Crippen LogP contribution in [0.3, 0.4) is 0 Å². The number of hydrogen-bond donors (Lipinski definition) is 1. The molecule has 0 atom stereocenters.